The first-order valence-electron chi connectivity index (χ1n) is 7.07. The van der Waals surface area contributed by atoms with Crippen LogP contribution < -0.4 is 5.32 Å². The number of nitrogens with zero attached hydrogens (tertiary/aromatic N) is 2. The molecule has 1 aromatic rings. The van der Waals surface area contributed by atoms with Crippen molar-refractivity contribution in [1.29, 1.82) is 0 Å². The molecule has 2 saturated heterocycles. The number of piperidine rings is 1. The summed E-state index contributed by atoms with van der Waals surface area (Å²) in [6, 6.07) is 6.71. The molecule has 1 amide bonds. The van der Waals surface area contributed by atoms with Gasteiger partial charge in [0.15, 0.2) is 0 Å². The van der Waals surface area contributed by atoms with E-state index >= 15 is 0 Å². The Morgan fingerprint density at radius 3 is 2.48 bits per heavy atom. The zero-order valence-electron chi connectivity index (χ0n) is 11.4. The van der Waals surface area contributed by atoms with Crippen LogP contribution in [0.4, 0.5) is 16.2 Å². The van der Waals surface area contributed by atoms with Crippen LogP contribution >= 0.6 is 0 Å². The summed E-state index contributed by atoms with van der Waals surface area (Å²) in [5.41, 5.74) is 0.571. The third kappa shape index (κ3) is 2.51. The number of benzene rings is 1. The molecule has 0 aliphatic carbocycles. The number of carbonyl (C=O) groups is 1. The monoisotopic (exact) mass is 291 g/mol. The number of nitro groups is 1. The summed E-state index contributed by atoms with van der Waals surface area (Å²) in [4.78, 5) is 23.4. The molecule has 21 heavy (non-hydrogen) atoms. The average Bonchev–Trinajstić information content (AvgIpc) is 2.71. The molecule has 3 atom stereocenters. The molecule has 7 nitrogen and oxygen atoms in total. The van der Waals surface area contributed by atoms with Gasteiger partial charge in [-0.3, -0.25) is 10.1 Å². The van der Waals surface area contributed by atoms with Crippen molar-refractivity contribution in [3.8, 4) is 0 Å². The Morgan fingerprint density at radius 2 is 1.90 bits per heavy atom. The van der Waals surface area contributed by atoms with Crippen LogP contribution in [-0.2, 0) is 0 Å². The summed E-state index contributed by atoms with van der Waals surface area (Å²) in [6.07, 6.45) is 2.31. The molecule has 2 bridgehead atoms. The van der Waals surface area contributed by atoms with Crippen LogP contribution in [0.1, 0.15) is 25.7 Å². The van der Waals surface area contributed by atoms with E-state index < -0.39 is 11.0 Å². The van der Waals surface area contributed by atoms with Gasteiger partial charge in [0, 0.05) is 24.2 Å². The van der Waals surface area contributed by atoms with Crippen molar-refractivity contribution < 1.29 is 14.8 Å². The van der Waals surface area contributed by atoms with Gasteiger partial charge >= 0.3 is 6.09 Å². The molecular formula is C14H17N3O4. The molecule has 7 heteroatoms. The number of para-hydroxylation sites is 2. The minimum Gasteiger partial charge on any atom is -0.465 e. The highest BCUT2D eigenvalue weighted by Crippen LogP contribution is 2.37. The molecular weight excluding hydrogens is 274 g/mol. The van der Waals surface area contributed by atoms with E-state index in [1.807, 2.05) is 0 Å². The van der Waals surface area contributed by atoms with Gasteiger partial charge in [-0.2, -0.15) is 0 Å². The summed E-state index contributed by atoms with van der Waals surface area (Å²) in [5.74, 6) is 0. The fourth-order valence-electron chi connectivity index (χ4n) is 3.58. The Kier molecular flexibility index (Phi) is 3.40. The van der Waals surface area contributed by atoms with Crippen molar-refractivity contribution in [2.75, 3.05) is 5.32 Å². The van der Waals surface area contributed by atoms with Gasteiger partial charge < -0.3 is 15.3 Å². The van der Waals surface area contributed by atoms with Gasteiger partial charge in [-0.15, -0.1) is 0 Å². The third-order valence-electron chi connectivity index (χ3n) is 4.41. The molecule has 0 saturated carbocycles. The second kappa shape index (κ2) is 5.23. The van der Waals surface area contributed by atoms with Gasteiger partial charge in [0.25, 0.3) is 5.69 Å². The molecule has 0 radical (unpaired) electrons. The molecule has 3 rings (SSSR count). The van der Waals surface area contributed by atoms with E-state index in [1.54, 1.807) is 23.1 Å². The molecule has 0 unspecified atom stereocenters. The van der Waals surface area contributed by atoms with Crippen LogP contribution in [-0.4, -0.2) is 39.1 Å². The van der Waals surface area contributed by atoms with Gasteiger partial charge in [-0.1, -0.05) is 12.1 Å². The van der Waals surface area contributed by atoms with Gasteiger partial charge in [0.2, 0.25) is 0 Å². The highest BCUT2D eigenvalue weighted by Gasteiger charge is 2.43. The number of rotatable bonds is 3. The maximum absolute atomic E-state index is 11.2. The maximum Gasteiger partial charge on any atom is 0.407 e. The van der Waals surface area contributed by atoms with Crippen LogP contribution in [0.3, 0.4) is 0 Å². The zero-order valence-corrected chi connectivity index (χ0v) is 11.4. The first kappa shape index (κ1) is 13.7. The van der Waals surface area contributed by atoms with E-state index in [1.165, 1.54) is 6.07 Å². The van der Waals surface area contributed by atoms with E-state index in [-0.39, 0.29) is 23.8 Å². The normalized spacial score (nSPS) is 27.4. The molecule has 0 aromatic heterocycles. The van der Waals surface area contributed by atoms with Crippen LogP contribution in [0, 0.1) is 10.1 Å². The summed E-state index contributed by atoms with van der Waals surface area (Å²) in [6.45, 7) is 0. The van der Waals surface area contributed by atoms with Crippen LogP contribution in [0.2, 0.25) is 0 Å². The fraction of sp³-hybridized carbons (Fsp3) is 0.500. The van der Waals surface area contributed by atoms with Gasteiger partial charge in [0.05, 0.1) is 4.92 Å². The lowest BCUT2D eigenvalue weighted by Crippen LogP contribution is -2.49. The number of carboxylic acid groups (broad SMARTS) is 1. The van der Waals surface area contributed by atoms with Crippen molar-refractivity contribution in [3.05, 3.63) is 34.4 Å². The summed E-state index contributed by atoms with van der Waals surface area (Å²) < 4.78 is 0. The Balaban J connectivity index is 1.74. The number of amides is 1. The van der Waals surface area contributed by atoms with Gasteiger partial charge in [0.1, 0.15) is 5.69 Å². The smallest absolute Gasteiger partial charge is 0.407 e. The van der Waals surface area contributed by atoms with Crippen molar-refractivity contribution in [3.63, 3.8) is 0 Å². The second-order valence-electron chi connectivity index (χ2n) is 5.66. The van der Waals surface area contributed by atoms with Crippen LogP contribution in [0.25, 0.3) is 0 Å². The highest BCUT2D eigenvalue weighted by molar-refractivity contribution is 5.67. The Bertz CT molecular complexity index is 563. The van der Waals surface area contributed by atoms with E-state index in [9.17, 15) is 20.0 Å². The lowest BCUT2D eigenvalue weighted by atomic mass is 9.97. The van der Waals surface area contributed by atoms with E-state index in [0.29, 0.717) is 18.5 Å². The number of nitro benzene ring substituents is 1. The van der Waals surface area contributed by atoms with Crippen molar-refractivity contribution in [1.82, 2.24) is 4.90 Å². The van der Waals surface area contributed by atoms with Gasteiger partial charge in [-0.05, 0) is 31.7 Å². The predicted octanol–water partition coefficient (Wildman–Crippen LogP) is 2.68. The zero-order chi connectivity index (χ0) is 15.0. The Hall–Kier alpha value is -2.31. The van der Waals surface area contributed by atoms with Crippen molar-refractivity contribution in [2.24, 2.45) is 0 Å². The topological polar surface area (TPSA) is 95.7 Å². The van der Waals surface area contributed by atoms with Gasteiger partial charge in [-0.25, -0.2) is 4.79 Å². The van der Waals surface area contributed by atoms with Crippen LogP contribution in [0.5, 0.6) is 0 Å². The molecule has 1 aromatic carbocycles. The predicted molar refractivity (Wildman–Crippen MR) is 76.4 cm³/mol. The van der Waals surface area contributed by atoms with E-state index in [4.69, 9.17) is 0 Å². The molecule has 2 fully saturated rings. The Morgan fingerprint density at radius 1 is 1.29 bits per heavy atom. The standard InChI is InChI=1S/C14H17N3O4/c18-14(19)16-10-5-6-11(16)8-9(7-10)15-12-3-1-2-4-13(12)17(20)21/h1-4,9-11,15H,5-8H2,(H,18,19)/t9-,10+,11-. The number of hydrogen-bond donors (Lipinski definition) is 2. The number of nitrogens with one attached hydrogen (secondary N) is 1. The van der Waals surface area contributed by atoms with E-state index in [2.05, 4.69) is 5.32 Å². The SMILES string of the molecule is O=C(O)N1[C@@H]2CC[C@H]1C[C@@H](Nc1ccccc1[N+](=O)[O-])C2. The lowest BCUT2D eigenvalue weighted by molar-refractivity contribution is -0.384. The number of hydrogen-bond acceptors (Lipinski definition) is 4. The first-order valence-corrected chi connectivity index (χ1v) is 7.07. The average molecular weight is 291 g/mol. The largest absolute Gasteiger partial charge is 0.465 e. The molecule has 112 valence electrons. The van der Waals surface area contributed by atoms with Crippen molar-refractivity contribution in [2.45, 2.75) is 43.8 Å². The second-order valence-corrected chi connectivity index (χ2v) is 5.66. The molecule has 2 heterocycles. The summed E-state index contributed by atoms with van der Waals surface area (Å²) >= 11 is 0. The number of anilines is 1. The molecule has 2 N–H and O–H groups in total. The highest BCUT2D eigenvalue weighted by atomic mass is 16.6. The fourth-order valence-corrected chi connectivity index (χ4v) is 3.58. The van der Waals surface area contributed by atoms with E-state index in [0.717, 1.165) is 12.8 Å². The lowest BCUT2D eigenvalue weighted by Gasteiger charge is -2.37. The minimum absolute atomic E-state index is 0.0292. The maximum atomic E-state index is 11.2. The molecule has 0 spiro atoms. The Labute approximate surface area is 121 Å². The first-order chi connectivity index (χ1) is 10.1. The molecule has 2 aliphatic rings. The third-order valence-corrected chi connectivity index (χ3v) is 4.41. The number of fused-ring (bicyclic) bond motifs is 2. The van der Waals surface area contributed by atoms with Crippen molar-refractivity contribution >= 4 is 17.5 Å². The molecule has 2 aliphatic heterocycles. The minimum atomic E-state index is -0.855. The quantitative estimate of drug-likeness (QED) is 0.659. The summed E-state index contributed by atoms with van der Waals surface area (Å²) in [7, 11) is 0. The summed E-state index contributed by atoms with van der Waals surface area (Å²) in [5, 5.41) is 23.5. The van der Waals surface area contributed by atoms with Crippen LogP contribution in [0.15, 0.2) is 24.3 Å².